The number of rotatable bonds is 5. The number of nitrogens with zero attached hydrogens (tertiary/aromatic N) is 5. The minimum Gasteiger partial charge on any atom is -0.294 e. The van der Waals surface area contributed by atoms with Crippen molar-refractivity contribution in [1.29, 1.82) is 0 Å². The van der Waals surface area contributed by atoms with Crippen molar-refractivity contribution in [3.05, 3.63) is 72.6 Å². The van der Waals surface area contributed by atoms with E-state index in [1.807, 2.05) is 18.3 Å². The summed E-state index contributed by atoms with van der Waals surface area (Å²) in [6, 6.07) is 14.7. The van der Waals surface area contributed by atoms with Crippen LogP contribution in [0.15, 0.2) is 61.3 Å². The molecule has 0 bridgehead atoms. The van der Waals surface area contributed by atoms with E-state index < -0.39 is 0 Å². The van der Waals surface area contributed by atoms with Crippen molar-refractivity contribution in [2.45, 2.75) is 19.5 Å². The Hall–Kier alpha value is -2.53. The zero-order valence-electron chi connectivity index (χ0n) is 12.8. The summed E-state index contributed by atoms with van der Waals surface area (Å²) in [5, 5.41) is 4.14. The average molecular weight is 293 g/mol. The van der Waals surface area contributed by atoms with Crippen LogP contribution < -0.4 is 0 Å². The highest BCUT2D eigenvalue weighted by Crippen LogP contribution is 2.21. The lowest BCUT2D eigenvalue weighted by Gasteiger charge is -2.24. The summed E-state index contributed by atoms with van der Waals surface area (Å²) in [6.07, 6.45) is 5.07. The maximum absolute atomic E-state index is 4.38. The van der Waals surface area contributed by atoms with Gasteiger partial charge in [0.1, 0.15) is 12.7 Å². The second-order valence-electron chi connectivity index (χ2n) is 5.34. The van der Waals surface area contributed by atoms with Crippen LogP contribution in [0, 0.1) is 0 Å². The molecule has 2 heterocycles. The summed E-state index contributed by atoms with van der Waals surface area (Å²) >= 11 is 0. The van der Waals surface area contributed by atoms with Gasteiger partial charge in [-0.2, -0.15) is 5.10 Å². The summed E-state index contributed by atoms with van der Waals surface area (Å²) in [4.78, 5) is 10.6. The van der Waals surface area contributed by atoms with E-state index in [1.165, 1.54) is 11.9 Å². The molecule has 0 aliphatic heterocycles. The van der Waals surface area contributed by atoms with Crippen molar-refractivity contribution < 1.29 is 0 Å². The smallest absolute Gasteiger partial charge is 0.138 e. The molecule has 3 rings (SSSR count). The van der Waals surface area contributed by atoms with Crippen molar-refractivity contribution in [1.82, 2.24) is 24.6 Å². The van der Waals surface area contributed by atoms with Crippen LogP contribution in [0.5, 0.6) is 0 Å². The summed E-state index contributed by atoms with van der Waals surface area (Å²) in [5.74, 6) is 0. The van der Waals surface area contributed by atoms with Gasteiger partial charge < -0.3 is 0 Å². The Balaban J connectivity index is 1.70. The van der Waals surface area contributed by atoms with Gasteiger partial charge in [0.25, 0.3) is 0 Å². The lowest BCUT2D eigenvalue weighted by molar-refractivity contribution is 0.250. The predicted molar refractivity (Wildman–Crippen MR) is 85.5 cm³/mol. The number of aromatic nitrogens is 4. The first kappa shape index (κ1) is 14.4. The molecule has 1 aromatic carbocycles. The molecule has 5 heteroatoms. The van der Waals surface area contributed by atoms with Crippen molar-refractivity contribution in [2.24, 2.45) is 0 Å². The highest BCUT2D eigenvalue weighted by atomic mass is 15.3. The lowest BCUT2D eigenvalue weighted by Crippen LogP contribution is -2.22. The molecule has 22 heavy (non-hydrogen) atoms. The molecule has 0 aliphatic carbocycles. The molecule has 112 valence electrons. The molecule has 1 atom stereocenters. The van der Waals surface area contributed by atoms with Crippen LogP contribution in [0.2, 0.25) is 0 Å². The van der Waals surface area contributed by atoms with Gasteiger partial charge in [-0.1, -0.05) is 18.2 Å². The van der Waals surface area contributed by atoms with Crippen molar-refractivity contribution in [2.75, 3.05) is 7.05 Å². The maximum Gasteiger partial charge on any atom is 0.138 e. The van der Waals surface area contributed by atoms with E-state index in [4.69, 9.17) is 0 Å². The van der Waals surface area contributed by atoms with Gasteiger partial charge >= 0.3 is 0 Å². The second-order valence-corrected chi connectivity index (χ2v) is 5.34. The summed E-state index contributed by atoms with van der Waals surface area (Å²) in [7, 11) is 2.12. The summed E-state index contributed by atoms with van der Waals surface area (Å²) in [6.45, 7) is 3.03. The Labute approximate surface area is 130 Å². The number of benzene rings is 1. The highest BCUT2D eigenvalue weighted by Gasteiger charge is 2.12. The first-order valence-corrected chi connectivity index (χ1v) is 7.29. The molecular weight excluding hydrogens is 274 g/mol. The SMILES string of the molecule is CC(c1ccc(-n2cncn2)cc1)N(C)Cc1ccccn1. The van der Waals surface area contributed by atoms with Gasteiger partial charge in [0, 0.05) is 18.8 Å². The fourth-order valence-corrected chi connectivity index (χ4v) is 2.39. The van der Waals surface area contributed by atoms with Crippen LogP contribution in [0.4, 0.5) is 0 Å². The van der Waals surface area contributed by atoms with Gasteiger partial charge in [-0.15, -0.1) is 0 Å². The molecule has 2 aromatic heterocycles. The average Bonchev–Trinajstić information content (AvgIpc) is 3.10. The lowest BCUT2D eigenvalue weighted by atomic mass is 10.1. The third kappa shape index (κ3) is 3.20. The first-order valence-electron chi connectivity index (χ1n) is 7.29. The fourth-order valence-electron chi connectivity index (χ4n) is 2.39. The van der Waals surface area contributed by atoms with Gasteiger partial charge in [0.15, 0.2) is 0 Å². The fraction of sp³-hybridized carbons (Fsp3) is 0.235. The quantitative estimate of drug-likeness (QED) is 0.725. The molecule has 3 aromatic rings. The van der Waals surface area contributed by atoms with E-state index in [1.54, 1.807) is 11.0 Å². The van der Waals surface area contributed by atoms with E-state index in [0.717, 1.165) is 17.9 Å². The molecule has 0 radical (unpaired) electrons. The monoisotopic (exact) mass is 293 g/mol. The van der Waals surface area contributed by atoms with Gasteiger partial charge in [-0.05, 0) is 43.8 Å². The Morgan fingerprint density at radius 1 is 1.14 bits per heavy atom. The Bertz CT molecular complexity index is 692. The van der Waals surface area contributed by atoms with Crippen molar-refractivity contribution >= 4 is 0 Å². The van der Waals surface area contributed by atoms with Crippen LogP contribution in [0.3, 0.4) is 0 Å². The number of hydrogen-bond acceptors (Lipinski definition) is 4. The minimum atomic E-state index is 0.312. The van der Waals surface area contributed by atoms with Gasteiger partial charge in [-0.3, -0.25) is 9.88 Å². The predicted octanol–water partition coefficient (Wildman–Crippen LogP) is 2.86. The molecule has 0 saturated heterocycles. The summed E-state index contributed by atoms with van der Waals surface area (Å²) < 4.78 is 1.76. The second kappa shape index (κ2) is 6.49. The molecular formula is C17H19N5. The Morgan fingerprint density at radius 3 is 2.59 bits per heavy atom. The molecule has 0 amide bonds. The van der Waals surface area contributed by atoms with Gasteiger partial charge in [-0.25, -0.2) is 9.67 Å². The topological polar surface area (TPSA) is 46.8 Å². The van der Waals surface area contributed by atoms with E-state index in [-0.39, 0.29) is 0 Å². The van der Waals surface area contributed by atoms with Crippen LogP contribution in [0.25, 0.3) is 5.69 Å². The van der Waals surface area contributed by atoms with Crippen LogP contribution >= 0.6 is 0 Å². The third-order valence-corrected chi connectivity index (χ3v) is 3.86. The molecule has 0 N–H and O–H groups in total. The third-order valence-electron chi connectivity index (χ3n) is 3.86. The Morgan fingerprint density at radius 2 is 1.95 bits per heavy atom. The van der Waals surface area contributed by atoms with E-state index in [2.05, 4.69) is 64.3 Å². The van der Waals surface area contributed by atoms with Crippen LogP contribution in [0.1, 0.15) is 24.2 Å². The molecule has 0 saturated carbocycles. The van der Waals surface area contributed by atoms with E-state index in [0.29, 0.717) is 6.04 Å². The minimum absolute atomic E-state index is 0.312. The van der Waals surface area contributed by atoms with E-state index in [9.17, 15) is 0 Å². The standard InChI is InChI=1S/C17H19N5/c1-14(21(2)11-16-5-3-4-10-19-16)15-6-8-17(9-7-15)22-13-18-12-20-22/h3-10,12-14H,11H2,1-2H3. The number of hydrogen-bond donors (Lipinski definition) is 0. The maximum atomic E-state index is 4.38. The van der Waals surface area contributed by atoms with Crippen molar-refractivity contribution in [3.63, 3.8) is 0 Å². The summed E-state index contributed by atoms with van der Waals surface area (Å²) in [5.41, 5.74) is 3.36. The zero-order chi connectivity index (χ0) is 15.4. The first-order chi connectivity index (χ1) is 10.7. The van der Waals surface area contributed by atoms with Crippen LogP contribution in [-0.4, -0.2) is 31.7 Å². The normalized spacial score (nSPS) is 12.5. The van der Waals surface area contributed by atoms with E-state index >= 15 is 0 Å². The largest absolute Gasteiger partial charge is 0.294 e. The molecule has 5 nitrogen and oxygen atoms in total. The molecule has 0 fully saturated rings. The van der Waals surface area contributed by atoms with Crippen molar-refractivity contribution in [3.8, 4) is 5.69 Å². The van der Waals surface area contributed by atoms with Gasteiger partial charge in [0.05, 0.1) is 11.4 Å². The Kier molecular flexibility index (Phi) is 4.25. The van der Waals surface area contributed by atoms with Gasteiger partial charge in [0.2, 0.25) is 0 Å². The molecule has 0 aliphatic rings. The van der Waals surface area contributed by atoms with Crippen LogP contribution in [-0.2, 0) is 6.54 Å². The molecule has 1 unspecified atom stereocenters. The number of pyridine rings is 1. The highest BCUT2D eigenvalue weighted by molar-refractivity contribution is 5.34. The zero-order valence-corrected chi connectivity index (χ0v) is 12.8. The molecule has 0 spiro atoms.